The van der Waals surface area contributed by atoms with Gasteiger partial charge in [-0.15, -0.1) is 0 Å². The molecule has 0 saturated heterocycles. The summed E-state index contributed by atoms with van der Waals surface area (Å²) in [6.07, 6.45) is 3.39. The van der Waals surface area contributed by atoms with Crippen LogP contribution in [-0.4, -0.2) is 11.9 Å². The van der Waals surface area contributed by atoms with Crippen molar-refractivity contribution in [3.05, 3.63) is 34.9 Å². The van der Waals surface area contributed by atoms with Gasteiger partial charge in [0.05, 0.1) is 0 Å². The van der Waals surface area contributed by atoms with Crippen LogP contribution >= 0.6 is 0 Å². The lowest BCUT2D eigenvalue weighted by atomic mass is 9.92. The van der Waals surface area contributed by atoms with E-state index in [4.69, 9.17) is 0 Å². The first kappa shape index (κ1) is 13.1. The first-order valence-corrected chi connectivity index (χ1v) is 6.75. The molecule has 0 bridgehead atoms. The molecule has 1 fully saturated rings. The average molecular weight is 245 g/mol. The van der Waals surface area contributed by atoms with Crippen LogP contribution in [0.2, 0.25) is 0 Å². The number of hydrogen-bond acceptors (Lipinski definition) is 1. The highest BCUT2D eigenvalue weighted by Crippen LogP contribution is 2.37. The summed E-state index contributed by atoms with van der Waals surface area (Å²) in [5.41, 5.74) is 3.45. The molecule has 1 aliphatic rings. The fraction of sp³-hybridized carbons (Fsp3) is 0.562. The second-order valence-corrected chi connectivity index (χ2v) is 6.40. The Morgan fingerprint density at radius 3 is 2.61 bits per heavy atom. The zero-order chi connectivity index (χ0) is 13.3. The topological polar surface area (TPSA) is 29.1 Å². The van der Waals surface area contributed by atoms with E-state index in [9.17, 15) is 4.79 Å². The van der Waals surface area contributed by atoms with Gasteiger partial charge in [0.2, 0.25) is 0 Å². The summed E-state index contributed by atoms with van der Waals surface area (Å²) in [6.45, 7) is 8.60. The Bertz CT molecular complexity index is 462. The third-order valence-corrected chi connectivity index (χ3v) is 3.93. The van der Waals surface area contributed by atoms with Gasteiger partial charge in [0, 0.05) is 11.6 Å². The lowest BCUT2D eigenvalue weighted by Crippen LogP contribution is -2.33. The van der Waals surface area contributed by atoms with Gasteiger partial charge in [-0.05, 0) is 50.2 Å². The summed E-state index contributed by atoms with van der Waals surface area (Å²) < 4.78 is 0. The minimum Gasteiger partial charge on any atom is -0.349 e. The molecular weight excluding hydrogens is 222 g/mol. The van der Waals surface area contributed by atoms with Crippen molar-refractivity contribution in [3.8, 4) is 0 Å². The summed E-state index contributed by atoms with van der Waals surface area (Å²) in [4.78, 5) is 12.2. The van der Waals surface area contributed by atoms with Crippen molar-refractivity contribution in [1.82, 2.24) is 5.32 Å². The molecule has 1 atom stereocenters. The molecule has 0 radical (unpaired) electrons. The van der Waals surface area contributed by atoms with E-state index in [1.54, 1.807) is 0 Å². The lowest BCUT2D eigenvalue weighted by Gasteiger charge is -2.18. The largest absolute Gasteiger partial charge is 0.349 e. The van der Waals surface area contributed by atoms with Gasteiger partial charge in [-0.2, -0.15) is 0 Å². The van der Waals surface area contributed by atoms with E-state index in [0.717, 1.165) is 24.0 Å². The van der Waals surface area contributed by atoms with Gasteiger partial charge in [-0.1, -0.05) is 31.5 Å². The molecule has 2 nitrogen and oxygen atoms in total. The van der Waals surface area contributed by atoms with E-state index < -0.39 is 0 Å². The van der Waals surface area contributed by atoms with E-state index >= 15 is 0 Å². The first-order chi connectivity index (χ1) is 8.37. The molecule has 1 aromatic rings. The SMILES string of the molecule is Cc1ccc(C(=O)NC2CCC(C)(C)C2)c(C)c1. The van der Waals surface area contributed by atoms with Crippen molar-refractivity contribution >= 4 is 5.91 Å². The zero-order valence-electron chi connectivity index (χ0n) is 11.8. The lowest BCUT2D eigenvalue weighted by molar-refractivity contribution is 0.0935. The molecule has 2 heteroatoms. The van der Waals surface area contributed by atoms with E-state index in [0.29, 0.717) is 11.5 Å². The number of benzene rings is 1. The highest BCUT2D eigenvalue weighted by molar-refractivity contribution is 5.95. The number of nitrogens with one attached hydrogen (secondary N) is 1. The van der Waals surface area contributed by atoms with Crippen molar-refractivity contribution in [3.63, 3.8) is 0 Å². The standard InChI is InChI=1S/C16H23NO/c1-11-5-6-14(12(2)9-11)15(18)17-13-7-8-16(3,4)10-13/h5-6,9,13H,7-8,10H2,1-4H3,(H,17,18). The van der Waals surface area contributed by atoms with Gasteiger partial charge in [0.15, 0.2) is 0 Å². The summed E-state index contributed by atoms with van der Waals surface area (Å²) in [6, 6.07) is 6.34. The van der Waals surface area contributed by atoms with Gasteiger partial charge in [-0.3, -0.25) is 4.79 Å². The number of amides is 1. The molecule has 18 heavy (non-hydrogen) atoms. The molecule has 1 aromatic carbocycles. The second-order valence-electron chi connectivity index (χ2n) is 6.40. The summed E-state index contributed by atoms with van der Waals surface area (Å²) in [5.74, 6) is 0.0789. The number of carbonyl (C=O) groups is 1. The smallest absolute Gasteiger partial charge is 0.251 e. The van der Waals surface area contributed by atoms with E-state index in [1.807, 2.05) is 26.0 Å². The van der Waals surface area contributed by atoms with Crippen LogP contribution in [0.4, 0.5) is 0 Å². The normalized spacial score (nSPS) is 21.9. The Morgan fingerprint density at radius 2 is 2.06 bits per heavy atom. The maximum atomic E-state index is 12.2. The van der Waals surface area contributed by atoms with Gasteiger partial charge < -0.3 is 5.32 Å². The summed E-state index contributed by atoms with van der Waals surface area (Å²) >= 11 is 0. The van der Waals surface area contributed by atoms with Crippen LogP contribution in [0.15, 0.2) is 18.2 Å². The molecular formula is C16H23NO. The monoisotopic (exact) mass is 245 g/mol. The molecule has 0 spiro atoms. The van der Waals surface area contributed by atoms with Gasteiger partial charge >= 0.3 is 0 Å². The predicted molar refractivity (Wildman–Crippen MR) is 74.8 cm³/mol. The molecule has 1 aliphatic carbocycles. The fourth-order valence-corrected chi connectivity index (χ4v) is 2.89. The molecule has 1 amide bonds. The second kappa shape index (κ2) is 4.75. The van der Waals surface area contributed by atoms with Crippen molar-refractivity contribution in [2.45, 2.75) is 53.0 Å². The third kappa shape index (κ3) is 2.92. The third-order valence-electron chi connectivity index (χ3n) is 3.93. The number of rotatable bonds is 2. The highest BCUT2D eigenvalue weighted by atomic mass is 16.1. The van der Waals surface area contributed by atoms with Crippen LogP contribution in [0.1, 0.15) is 54.6 Å². The van der Waals surface area contributed by atoms with Crippen LogP contribution in [-0.2, 0) is 0 Å². The molecule has 98 valence electrons. The summed E-state index contributed by atoms with van der Waals surface area (Å²) in [7, 11) is 0. The van der Waals surface area contributed by atoms with Crippen molar-refractivity contribution < 1.29 is 4.79 Å². The van der Waals surface area contributed by atoms with Crippen LogP contribution in [0.3, 0.4) is 0 Å². The van der Waals surface area contributed by atoms with Gasteiger partial charge in [-0.25, -0.2) is 0 Å². The molecule has 1 N–H and O–H groups in total. The first-order valence-electron chi connectivity index (χ1n) is 6.75. The fourth-order valence-electron chi connectivity index (χ4n) is 2.89. The predicted octanol–water partition coefficient (Wildman–Crippen LogP) is 3.61. The molecule has 0 heterocycles. The van der Waals surface area contributed by atoms with Crippen LogP contribution < -0.4 is 5.32 Å². The van der Waals surface area contributed by atoms with Crippen LogP contribution in [0, 0.1) is 19.3 Å². The van der Waals surface area contributed by atoms with E-state index in [1.165, 1.54) is 12.0 Å². The van der Waals surface area contributed by atoms with E-state index in [2.05, 4.69) is 25.2 Å². The minimum atomic E-state index is 0.0789. The zero-order valence-corrected chi connectivity index (χ0v) is 11.8. The van der Waals surface area contributed by atoms with Crippen LogP contribution in [0.5, 0.6) is 0 Å². The maximum absolute atomic E-state index is 12.2. The van der Waals surface area contributed by atoms with Crippen LogP contribution in [0.25, 0.3) is 0 Å². The van der Waals surface area contributed by atoms with E-state index in [-0.39, 0.29) is 5.91 Å². The number of carbonyl (C=O) groups excluding carboxylic acids is 1. The molecule has 2 rings (SSSR count). The van der Waals surface area contributed by atoms with Gasteiger partial charge in [0.1, 0.15) is 0 Å². The highest BCUT2D eigenvalue weighted by Gasteiger charge is 2.31. The Morgan fingerprint density at radius 1 is 1.33 bits per heavy atom. The minimum absolute atomic E-state index is 0.0789. The number of hydrogen-bond donors (Lipinski definition) is 1. The number of aryl methyl sites for hydroxylation is 2. The summed E-state index contributed by atoms with van der Waals surface area (Å²) in [5, 5.41) is 3.17. The van der Waals surface area contributed by atoms with Crippen molar-refractivity contribution in [1.29, 1.82) is 0 Å². The molecule has 1 unspecified atom stereocenters. The average Bonchev–Trinajstić information content (AvgIpc) is 2.57. The Kier molecular flexibility index (Phi) is 3.47. The molecule has 1 saturated carbocycles. The molecule has 0 aromatic heterocycles. The molecule has 0 aliphatic heterocycles. The maximum Gasteiger partial charge on any atom is 0.251 e. The Hall–Kier alpha value is -1.31. The van der Waals surface area contributed by atoms with Crippen molar-refractivity contribution in [2.24, 2.45) is 5.41 Å². The van der Waals surface area contributed by atoms with Gasteiger partial charge in [0.25, 0.3) is 5.91 Å². The van der Waals surface area contributed by atoms with Crippen molar-refractivity contribution in [2.75, 3.05) is 0 Å². The Labute approximate surface area is 110 Å². The quantitative estimate of drug-likeness (QED) is 0.847. The Balaban J connectivity index is 2.04.